The molecule has 1 aromatic carbocycles. The minimum atomic E-state index is -0.211. The third kappa shape index (κ3) is 1.91. The number of carbonyl (C=O) groups excluding carboxylic acids is 1. The van der Waals surface area contributed by atoms with E-state index < -0.39 is 0 Å². The van der Waals surface area contributed by atoms with Gasteiger partial charge in [0.2, 0.25) is 5.78 Å². The number of carbonyl (C=O) groups is 1. The van der Waals surface area contributed by atoms with Gasteiger partial charge < -0.3 is 9.15 Å². The first-order valence-corrected chi connectivity index (χ1v) is 6.15. The molecule has 4 heteroatoms. The lowest BCUT2D eigenvalue weighted by molar-refractivity contribution is 0.0905. The molecular weight excluding hydrogens is 252 g/mol. The summed E-state index contributed by atoms with van der Waals surface area (Å²) in [5, 5.41) is 0.235. The zero-order chi connectivity index (χ0) is 12.5. The third-order valence-corrected chi connectivity index (χ3v) is 3.29. The fraction of sp³-hybridized carbons (Fsp3) is 0.214. The van der Waals surface area contributed by atoms with Gasteiger partial charge >= 0.3 is 0 Å². The van der Waals surface area contributed by atoms with E-state index in [2.05, 4.69) is 0 Å². The van der Waals surface area contributed by atoms with E-state index in [1.807, 2.05) is 24.3 Å². The lowest BCUT2D eigenvalue weighted by Gasteiger charge is -2.24. The summed E-state index contributed by atoms with van der Waals surface area (Å²) in [5.41, 5.74) is 0.918. The Balaban J connectivity index is 1.96. The van der Waals surface area contributed by atoms with Crippen LogP contribution < -0.4 is 4.74 Å². The van der Waals surface area contributed by atoms with Crippen LogP contribution in [0.1, 0.15) is 28.5 Å². The van der Waals surface area contributed by atoms with Crippen LogP contribution in [0.3, 0.4) is 0 Å². The molecule has 0 saturated heterocycles. The second kappa shape index (κ2) is 4.50. The first-order chi connectivity index (χ1) is 8.75. The Bertz CT molecular complexity index is 588. The topological polar surface area (TPSA) is 39.4 Å². The lowest BCUT2D eigenvalue weighted by atomic mass is 9.88. The molecule has 2 heterocycles. The molecule has 0 saturated carbocycles. The number of furan rings is 1. The minimum Gasteiger partial charge on any atom is -0.493 e. The normalized spacial score (nSPS) is 17.9. The standard InChI is InChI=1S/C14H11ClO3/c15-13-6-5-12(18-13)14(16)10-7-8-17-11-4-2-1-3-9(10)11/h1-6,10H,7-8H2. The number of fused-ring (bicyclic) bond motifs is 1. The number of benzene rings is 1. The largest absolute Gasteiger partial charge is 0.493 e. The van der Waals surface area contributed by atoms with Crippen molar-refractivity contribution in [1.82, 2.24) is 0 Å². The van der Waals surface area contributed by atoms with E-state index in [1.54, 1.807) is 12.1 Å². The van der Waals surface area contributed by atoms with Crippen LogP contribution in [0.25, 0.3) is 0 Å². The number of halogens is 1. The Morgan fingerprint density at radius 3 is 2.83 bits per heavy atom. The minimum absolute atomic E-state index is 0.0438. The van der Waals surface area contributed by atoms with Gasteiger partial charge in [-0.15, -0.1) is 0 Å². The summed E-state index contributed by atoms with van der Waals surface area (Å²) in [5.74, 6) is 0.830. The van der Waals surface area contributed by atoms with Crippen molar-refractivity contribution in [3.63, 3.8) is 0 Å². The Hall–Kier alpha value is -1.74. The Morgan fingerprint density at radius 1 is 1.22 bits per heavy atom. The molecule has 1 unspecified atom stereocenters. The van der Waals surface area contributed by atoms with Gasteiger partial charge in [0.15, 0.2) is 11.0 Å². The maximum Gasteiger partial charge on any atom is 0.205 e. The van der Waals surface area contributed by atoms with Crippen molar-refractivity contribution in [1.29, 1.82) is 0 Å². The highest BCUT2D eigenvalue weighted by Crippen LogP contribution is 2.35. The van der Waals surface area contributed by atoms with E-state index in [0.29, 0.717) is 18.8 Å². The van der Waals surface area contributed by atoms with Gasteiger partial charge in [-0.1, -0.05) is 18.2 Å². The summed E-state index contributed by atoms with van der Waals surface area (Å²) in [6, 6.07) is 10.8. The number of Topliss-reactive ketones (excluding diaryl/α,β-unsaturated/α-hetero) is 1. The summed E-state index contributed by atoms with van der Waals surface area (Å²) in [6.45, 7) is 0.544. The van der Waals surface area contributed by atoms with Gasteiger partial charge in [0.05, 0.1) is 12.5 Å². The summed E-state index contributed by atoms with van der Waals surface area (Å²) < 4.78 is 10.7. The molecule has 3 rings (SSSR count). The lowest BCUT2D eigenvalue weighted by Crippen LogP contribution is -2.21. The fourth-order valence-corrected chi connectivity index (χ4v) is 2.38. The molecule has 1 aromatic heterocycles. The van der Waals surface area contributed by atoms with Crippen molar-refractivity contribution in [2.45, 2.75) is 12.3 Å². The second-order valence-corrected chi connectivity index (χ2v) is 4.57. The molecule has 1 atom stereocenters. The van der Waals surface area contributed by atoms with Crippen LogP contribution in [0.5, 0.6) is 5.75 Å². The number of para-hydroxylation sites is 1. The summed E-state index contributed by atoms with van der Waals surface area (Å²) in [4.78, 5) is 12.4. The number of ether oxygens (including phenoxy) is 1. The van der Waals surface area contributed by atoms with Crippen molar-refractivity contribution in [3.05, 3.63) is 52.9 Å². The second-order valence-electron chi connectivity index (χ2n) is 4.20. The zero-order valence-electron chi connectivity index (χ0n) is 9.56. The van der Waals surface area contributed by atoms with Crippen LogP contribution in [-0.4, -0.2) is 12.4 Å². The number of hydrogen-bond acceptors (Lipinski definition) is 3. The highest BCUT2D eigenvalue weighted by atomic mass is 35.5. The molecule has 1 aliphatic rings. The summed E-state index contributed by atoms with van der Waals surface area (Å²) >= 11 is 5.70. The van der Waals surface area contributed by atoms with E-state index in [4.69, 9.17) is 20.8 Å². The summed E-state index contributed by atoms with van der Waals surface area (Å²) in [7, 11) is 0. The van der Waals surface area contributed by atoms with Crippen molar-refractivity contribution < 1.29 is 13.9 Å². The van der Waals surface area contributed by atoms with Crippen LogP contribution in [0.15, 0.2) is 40.8 Å². The van der Waals surface area contributed by atoms with E-state index >= 15 is 0 Å². The number of ketones is 1. The Labute approximate surface area is 109 Å². The van der Waals surface area contributed by atoms with Gasteiger partial charge in [-0.25, -0.2) is 0 Å². The molecule has 18 heavy (non-hydrogen) atoms. The predicted octanol–water partition coefficient (Wildman–Crippen LogP) is 3.68. The van der Waals surface area contributed by atoms with E-state index in [-0.39, 0.29) is 16.9 Å². The van der Waals surface area contributed by atoms with Gasteiger partial charge in [-0.3, -0.25) is 4.79 Å². The fourth-order valence-electron chi connectivity index (χ4n) is 2.23. The van der Waals surface area contributed by atoms with Crippen LogP contribution >= 0.6 is 11.6 Å². The van der Waals surface area contributed by atoms with Crippen LogP contribution in [-0.2, 0) is 0 Å². The van der Waals surface area contributed by atoms with Gasteiger partial charge in [0.1, 0.15) is 5.75 Å². The Morgan fingerprint density at radius 2 is 2.06 bits per heavy atom. The van der Waals surface area contributed by atoms with Crippen molar-refractivity contribution in [2.24, 2.45) is 0 Å². The van der Waals surface area contributed by atoms with E-state index in [0.717, 1.165) is 11.3 Å². The van der Waals surface area contributed by atoms with Crippen LogP contribution in [0.2, 0.25) is 5.22 Å². The molecule has 0 spiro atoms. The molecule has 0 aliphatic carbocycles. The van der Waals surface area contributed by atoms with Gasteiger partial charge in [0.25, 0.3) is 0 Å². The van der Waals surface area contributed by atoms with Gasteiger partial charge in [-0.05, 0) is 36.2 Å². The Kier molecular flexibility index (Phi) is 2.84. The first kappa shape index (κ1) is 11.4. The van der Waals surface area contributed by atoms with Gasteiger partial charge in [-0.2, -0.15) is 0 Å². The number of hydrogen-bond donors (Lipinski definition) is 0. The highest BCUT2D eigenvalue weighted by molar-refractivity contribution is 6.29. The maximum absolute atomic E-state index is 12.4. The summed E-state index contributed by atoms with van der Waals surface area (Å²) in [6.07, 6.45) is 0.661. The molecule has 0 N–H and O–H groups in total. The van der Waals surface area contributed by atoms with Crippen LogP contribution in [0.4, 0.5) is 0 Å². The molecule has 3 nitrogen and oxygen atoms in total. The van der Waals surface area contributed by atoms with Crippen molar-refractivity contribution >= 4 is 17.4 Å². The zero-order valence-corrected chi connectivity index (χ0v) is 10.3. The first-order valence-electron chi connectivity index (χ1n) is 5.77. The highest BCUT2D eigenvalue weighted by Gasteiger charge is 2.29. The van der Waals surface area contributed by atoms with Crippen molar-refractivity contribution in [2.75, 3.05) is 6.61 Å². The van der Waals surface area contributed by atoms with Gasteiger partial charge in [0, 0.05) is 5.56 Å². The molecule has 1 aliphatic heterocycles. The molecule has 0 fully saturated rings. The monoisotopic (exact) mass is 262 g/mol. The van der Waals surface area contributed by atoms with E-state index in [9.17, 15) is 4.79 Å². The van der Waals surface area contributed by atoms with Crippen LogP contribution in [0, 0.1) is 0 Å². The SMILES string of the molecule is O=C(c1ccc(Cl)o1)C1CCOc2ccccc21. The third-order valence-electron chi connectivity index (χ3n) is 3.09. The van der Waals surface area contributed by atoms with E-state index in [1.165, 1.54) is 0 Å². The maximum atomic E-state index is 12.4. The molecule has 0 bridgehead atoms. The van der Waals surface area contributed by atoms with Crippen molar-refractivity contribution in [3.8, 4) is 5.75 Å². The average molecular weight is 263 g/mol. The molecule has 0 radical (unpaired) electrons. The average Bonchev–Trinajstić information content (AvgIpc) is 2.84. The quantitative estimate of drug-likeness (QED) is 0.775. The smallest absolute Gasteiger partial charge is 0.205 e. The molecular formula is C14H11ClO3. The predicted molar refractivity (Wildman–Crippen MR) is 67.3 cm³/mol. The molecule has 0 amide bonds. The molecule has 92 valence electrons. The molecule has 2 aromatic rings. The number of rotatable bonds is 2.